The number of benzene rings is 2. The van der Waals surface area contributed by atoms with Gasteiger partial charge in [-0.15, -0.1) is 0 Å². The van der Waals surface area contributed by atoms with E-state index in [0.717, 1.165) is 16.2 Å². The summed E-state index contributed by atoms with van der Waals surface area (Å²) < 4.78 is 15.6. The fourth-order valence-electron chi connectivity index (χ4n) is 3.95. The van der Waals surface area contributed by atoms with Gasteiger partial charge < -0.3 is 14.2 Å². The van der Waals surface area contributed by atoms with Gasteiger partial charge in [0.05, 0.1) is 46.5 Å². The molecule has 2 aromatic carbocycles. The number of amides is 4. The zero-order chi connectivity index (χ0) is 26.7. The molecule has 4 rings (SSSR count). The Morgan fingerprint density at radius 3 is 1.73 bits per heavy atom. The number of carbonyl (C=O) groups excluding carboxylic acids is 6. The van der Waals surface area contributed by atoms with E-state index in [1.165, 1.54) is 43.4 Å². The molecule has 192 valence electrons. The summed E-state index contributed by atoms with van der Waals surface area (Å²) in [7, 11) is 1.35. The van der Waals surface area contributed by atoms with E-state index in [9.17, 15) is 28.8 Å². The van der Waals surface area contributed by atoms with Crippen molar-refractivity contribution in [3.63, 3.8) is 0 Å². The normalized spacial score (nSPS) is 14.2. The Hall–Kier alpha value is -4.38. The van der Waals surface area contributed by atoms with Gasteiger partial charge in [0.2, 0.25) is 0 Å². The van der Waals surface area contributed by atoms with E-state index in [4.69, 9.17) is 14.2 Å². The maximum atomic E-state index is 12.6. The minimum absolute atomic E-state index is 0.0706. The summed E-state index contributed by atoms with van der Waals surface area (Å²) in [6.07, 6.45) is 0.821. The minimum atomic E-state index is -0.756. The van der Waals surface area contributed by atoms with Crippen LogP contribution in [0.25, 0.3) is 0 Å². The third kappa shape index (κ3) is 4.98. The van der Waals surface area contributed by atoms with Gasteiger partial charge >= 0.3 is 11.9 Å². The van der Waals surface area contributed by atoms with E-state index < -0.39 is 35.6 Å². The predicted octanol–water partition coefficient (Wildman–Crippen LogP) is 1.95. The average Bonchev–Trinajstić information content (AvgIpc) is 3.27. The summed E-state index contributed by atoms with van der Waals surface area (Å²) in [6.45, 7) is 2.29. The Labute approximate surface area is 211 Å². The SMILES string of the molecule is CCCOCCN1C(=O)c2ccc(C(=O)OCCOC(=O)c3ccc4c(c3)C(=O)N(C)C4=O)cc2C1=O. The maximum absolute atomic E-state index is 12.6. The quantitative estimate of drug-likeness (QED) is 0.268. The molecule has 2 aromatic rings. The van der Waals surface area contributed by atoms with Crippen molar-refractivity contribution in [1.29, 1.82) is 0 Å². The van der Waals surface area contributed by atoms with Crippen molar-refractivity contribution in [3.05, 3.63) is 69.8 Å². The summed E-state index contributed by atoms with van der Waals surface area (Å²) in [6, 6.07) is 8.13. The van der Waals surface area contributed by atoms with Crippen LogP contribution in [0.2, 0.25) is 0 Å². The van der Waals surface area contributed by atoms with Crippen LogP contribution >= 0.6 is 0 Å². The Morgan fingerprint density at radius 2 is 1.16 bits per heavy atom. The molecule has 11 nitrogen and oxygen atoms in total. The van der Waals surface area contributed by atoms with Crippen molar-refractivity contribution in [1.82, 2.24) is 9.80 Å². The lowest BCUT2D eigenvalue weighted by molar-refractivity contribution is 0.0265. The Kier molecular flexibility index (Phi) is 7.44. The summed E-state index contributed by atoms with van der Waals surface area (Å²) in [5.41, 5.74) is 0.781. The number of fused-ring (bicyclic) bond motifs is 2. The van der Waals surface area contributed by atoms with Crippen molar-refractivity contribution in [2.75, 3.05) is 40.0 Å². The van der Waals surface area contributed by atoms with Crippen molar-refractivity contribution >= 4 is 35.6 Å². The van der Waals surface area contributed by atoms with Crippen LogP contribution in [0.1, 0.15) is 75.5 Å². The Balaban J connectivity index is 1.29. The minimum Gasteiger partial charge on any atom is -0.458 e. The van der Waals surface area contributed by atoms with Crippen LogP contribution in [0.3, 0.4) is 0 Å². The van der Waals surface area contributed by atoms with E-state index in [0.29, 0.717) is 6.61 Å². The van der Waals surface area contributed by atoms with E-state index >= 15 is 0 Å². The third-order valence-electron chi connectivity index (χ3n) is 5.89. The first-order valence-electron chi connectivity index (χ1n) is 11.6. The van der Waals surface area contributed by atoms with Crippen LogP contribution in [0.5, 0.6) is 0 Å². The number of nitrogens with zero attached hydrogens (tertiary/aromatic N) is 2. The zero-order valence-electron chi connectivity index (χ0n) is 20.3. The Bertz CT molecular complexity index is 1320. The molecular formula is C26H24N2O9. The summed E-state index contributed by atoms with van der Waals surface area (Å²) in [5, 5.41) is 0. The molecule has 2 aliphatic heterocycles. The van der Waals surface area contributed by atoms with Crippen LogP contribution < -0.4 is 0 Å². The standard InChI is InChI=1S/C26H24N2O9/c1-3-9-35-10-8-28-23(31)18-7-5-16(14-20(18)24(28)32)26(34)37-12-11-36-25(33)15-4-6-17-19(13-15)22(30)27(2)21(17)29/h4-7,13-14H,3,8-12H2,1-2H3. The second-order valence-electron chi connectivity index (χ2n) is 8.34. The number of hydrogen-bond acceptors (Lipinski definition) is 9. The molecular weight excluding hydrogens is 484 g/mol. The maximum Gasteiger partial charge on any atom is 0.338 e. The molecule has 0 saturated heterocycles. The van der Waals surface area contributed by atoms with Crippen molar-refractivity contribution in [2.45, 2.75) is 13.3 Å². The number of hydrogen-bond donors (Lipinski definition) is 0. The number of carbonyl (C=O) groups is 6. The van der Waals surface area contributed by atoms with Crippen LogP contribution in [-0.2, 0) is 14.2 Å². The third-order valence-corrected chi connectivity index (χ3v) is 5.89. The molecule has 0 aromatic heterocycles. The van der Waals surface area contributed by atoms with Crippen molar-refractivity contribution < 1.29 is 43.0 Å². The van der Waals surface area contributed by atoms with Crippen molar-refractivity contribution in [2.24, 2.45) is 0 Å². The highest BCUT2D eigenvalue weighted by Crippen LogP contribution is 2.25. The van der Waals surface area contributed by atoms with Crippen LogP contribution in [0.4, 0.5) is 0 Å². The molecule has 0 aliphatic carbocycles. The molecule has 4 amide bonds. The monoisotopic (exact) mass is 508 g/mol. The highest BCUT2D eigenvalue weighted by molar-refractivity contribution is 6.22. The van der Waals surface area contributed by atoms with E-state index in [1.54, 1.807) is 0 Å². The molecule has 2 aliphatic rings. The predicted molar refractivity (Wildman–Crippen MR) is 126 cm³/mol. The topological polar surface area (TPSA) is 137 Å². The number of rotatable bonds is 10. The van der Waals surface area contributed by atoms with Crippen LogP contribution in [0.15, 0.2) is 36.4 Å². The van der Waals surface area contributed by atoms with Crippen molar-refractivity contribution in [3.8, 4) is 0 Å². The van der Waals surface area contributed by atoms with Gasteiger partial charge in [0.15, 0.2) is 0 Å². The summed E-state index contributed by atoms with van der Waals surface area (Å²) in [5.74, 6) is -3.42. The van der Waals surface area contributed by atoms with Gasteiger partial charge in [-0.2, -0.15) is 0 Å². The first-order valence-corrected chi connectivity index (χ1v) is 11.6. The summed E-state index contributed by atoms with van der Waals surface area (Å²) >= 11 is 0. The second kappa shape index (κ2) is 10.7. The lowest BCUT2D eigenvalue weighted by Gasteiger charge is -2.13. The van der Waals surface area contributed by atoms with Gasteiger partial charge in [-0.3, -0.25) is 29.0 Å². The fraction of sp³-hybridized carbons (Fsp3) is 0.308. The molecule has 0 saturated carbocycles. The largest absolute Gasteiger partial charge is 0.458 e. The molecule has 0 N–H and O–H groups in total. The molecule has 11 heteroatoms. The highest BCUT2D eigenvalue weighted by atomic mass is 16.6. The molecule has 0 bridgehead atoms. The first-order chi connectivity index (χ1) is 17.7. The van der Waals surface area contributed by atoms with Gasteiger partial charge in [-0.1, -0.05) is 6.92 Å². The molecule has 0 atom stereocenters. The smallest absolute Gasteiger partial charge is 0.338 e. The summed E-state index contributed by atoms with van der Waals surface area (Å²) in [4.78, 5) is 76.0. The fourth-order valence-corrected chi connectivity index (χ4v) is 3.95. The van der Waals surface area contributed by atoms with Gasteiger partial charge in [-0.05, 0) is 42.8 Å². The molecule has 0 fully saturated rings. The number of imide groups is 2. The molecule has 0 radical (unpaired) electrons. The van der Waals surface area contributed by atoms with E-state index in [1.807, 2.05) is 6.92 Å². The van der Waals surface area contributed by atoms with E-state index in [2.05, 4.69) is 0 Å². The molecule has 37 heavy (non-hydrogen) atoms. The van der Waals surface area contributed by atoms with Crippen LogP contribution in [0, 0.1) is 0 Å². The number of ether oxygens (including phenoxy) is 3. The molecule has 2 heterocycles. The molecule has 0 unspecified atom stereocenters. The van der Waals surface area contributed by atoms with E-state index in [-0.39, 0.29) is 59.7 Å². The lowest BCUT2D eigenvalue weighted by atomic mass is 10.1. The lowest BCUT2D eigenvalue weighted by Crippen LogP contribution is -2.33. The van der Waals surface area contributed by atoms with Gasteiger partial charge in [0.1, 0.15) is 13.2 Å². The highest BCUT2D eigenvalue weighted by Gasteiger charge is 2.36. The van der Waals surface area contributed by atoms with Gasteiger partial charge in [0, 0.05) is 13.7 Å². The average molecular weight is 508 g/mol. The first kappa shape index (κ1) is 25.7. The Morgan fingerprint density at radius 1 is 0.676 bits per heavy atom. The van der Waals surface area contributed by atoms with Gasteiger partial charge in [0.25, 0.3) is 23.6 Å². The second-order valence-corrected chi connectivity index (χ2v) is 8.34. The van der Waals surface area contributed by atoms with Gasteiger partial charge in [-0.25, -0.2) is 9.59 Å². The molecule has 0 spiro atoms. The number of esters is 2. The van der Waals surface area contributed by atoms with Crippen LogP contribution in [-0.4, -0.2) is 85.4 Å². The zero-order valence-corrected chi connectivity index (χ0v) is 20.3.